The second kappa shape index (κ2) is 2.71. The molecule has 0 fully saturated rings. The Morgan fingerprint density at radius 2 is 2.20 bits per heavy atom. The van der Waals surface area contributed by atoms with Crippen LogP contribution in [0.3, 0.4) is 0 Å². The van der Waals surface area contributed by atoms with Crippen LogP contribution in [-0.2, 0) is 11.7 Å². The van der Waals surface area contributed by atoms with Crippen molar-refractivity contribution >= 4 is 0 Å². The Balaban J connectivity index is 3.14. The third-order valence-corrected chi connectivity index (χ3v) is 1.57. The Morgan fingerprint density at radius 3 is 2.70 bits per heavy atom. The van der Waals surface area contributed by atoms with E-state index in [2.05, 4.69) is 0 Å². The molecule has 1 rings (SSSR count). The van der Waals surface area contributed by atoms with Gasteiger partial charge in [-0.3, -0.25) is 0 Å². The molecule has 1 N–H and O–H groups in total. The van der Waals surface area contributed by atoms with Crippen molar-refractivity contribution < 1.29 is 10.2 Å². The first-order chi connectivity index (χ1) is 4.75. The molecule has 10 heavy (non-hydrogen) atoms. The summed E-state index contributed by atoms with van der Waals surface area (Å²) < 4.78 is 0. The van der Waals surface area contributed by atoms with Crippen molar-refractivity contribution in [2.24, 2.45) is 0 Å². The molecule has 0 amide bonds. The van der Waals surface area contributed by atoms with E-state index < -0.39 is 0 Å². The van der Waals surface area contributed by atoms with E-state index in [1.54, 1.807) is 25.1 Å². The predicted octanol–water partition coefficient (Wildman–Crippen LogP) is 1.63. The highest BCUT2D eigenvalue weighted by atomic mass is 16.3. The van der Waals surface area contributed by atoms with Crippen LogP contribution in [-0.4, -0.2) is 5.11 Å². The van der Waals surface area contributed by atoms with E-state index in [4.69, 9.17) is 5.11 Å². The second-order valence-corrected chi connectivity index (χ2v) is 2.21. The van der Waals surface area contributed by atoms with Crippen LogP contribution >= 0.6 is 0 Å². The molecule has 0 spiro atoms. The van der Waals surface area contributed by atoms with E-state index in [1.165, 1.54) is 0 Å². The number of benzene rings is 1. The lowest BCUT2D eigenvalue weighted by Crippen LogP contribution is -1.86. The summed E-state index contributed by atoms with van der Waals surface area (Å²) in [5.74, 6) is 0.202. The Morgan fingerprint density at radius 1 is 1.50 bits per heavy atom. The fourth-order valence-electron chi connectivity index (χ4n) is 0.826. The SMILES string of the molecule is Cc1c(O)cccc1C[O]. The smallest absolute Gasteiger partial charge is 0.118 e. The quantitative estimate of drug-likeness (QED) is 0.627. The molecule has 2 nitrogen and oxygen atoms in total. The molecule has 1 aromatic carbocycles. The van der Waals surface area contributed by atoms with Crippen molar-refractivity contribution in [2.45, 2.75) is 13.5 Å². The molecule has 1 aromatic rings. The molecule has 0 aliphatic rings. The number of phenolic OH excluding ortho intramolecular Hbond substituents is 1. The summed E-state index contributed by atoms with van der Waals surface area (Å²) >= 11 is 0. The normalized spacial score (nSPS) is 9.80. The van der Waals surface area contributed by atoms with Gasteiger partial charge >= 0.3 is 0 Å². The van der Waals surface area contributed by atoms with Crippen LogP contribution < -0.4 is 0 Å². The summed E-state index contributed by atoms with van der Waals surface area (Å²) in [4.78, 5) is 0. The van der Waals surface area contributed by atoms with E-state index in [0.29, 0.717) is 11.1 Å². The fourth-order valence-corrected chi connectivity index (χ4v) is 0.826. The molecule has 0 saturated heterocycles. The zero-order valence-corrected chi connectivity index (χ0v) is 5.79. The fraction of sp³-hybridized carbons (Fsp3) is 0.250. The van der Waals surface area contributed by atoms with Gasteiger partial charge in [0.25, 0.3) is 0 Å². The topological polar surface area (TPSA) is 40.1 Å². The predicted molar refractivity (Wildman–Crippen MR) is 37.2 cm³/mol. The monoisotopic (exact) mass is 137 g/mol. The molecule has 1 radical (unpaired) electrons. The van der Waals surface area contributed by atoms with E-state index in [0.717, 1.165) is 0 Å². The highest BCUT2D eigenvalue weighted by Gasteiger charge is 1.99. The maximum Gasteiger partial charge on any atom is 0.118 e. The average Bonchev–Trinajstić information content (AvgIpc) is 1.95. The molecule has 0 saturated carbocycles. The van der Waals surface area contributed by atoms with Crippen LogP contribution in [0.5, 0.6) is 5.75 Å². The van der Waals surface area contributed by atoms with Crippen LogP contribution in [0, 0.1) is 6.92 Å². The summed E-state index contributed by atoms with van der Waals surface area (Å²) in [6.07, 6.45) is 0. The first kappa shape index (κ1) is 7.09. The van der Waals surface area contributed by atoms with Gasteiger partial charge in [0.1, 0.15) is 12.4 Å². The summed E-state index contributed by atoms with van der Waals surface area (Å²) in [6.45, 7) is 1.48. The van der Waals surface area contributed by atoms with Gasteiger partial charge < -0.3 is 5.11 Å². The number of hydrogen-bond acceptors (Lipinski definition) is 1. The number of phenols is 1. The third kappa shape index (κ3) is 1.11. The minimum atomic E-state index is -0.264. The molecular weight excluding hydrogens is 128 g/mol. The maximum absolute atomic E-state index is 10.4. The molecule has 0 aromatic heterocycles. The van der Waals surface area contributed by atoms with Gasteiger partial charge in [-0.25, -0.2) is 5.11 Å². The van der Waals surface area contributed by atoms with Crippen molar-refractivity contribution in [3.05, 3.63) is 29.3 Å². The molecule has 53 valence electrons. The third-order valence-electron chi connectivity index (χ3n) is 1.57. The van der Waals surface area contributed by atoms with Gasteiger partial charge in [0.05, 0.1) is 0 Å². The molecule has 0 aliphatic heterocycles. The zero-order valence-electron chi connectivity index (χ0n) is 5.79. The van der Waals surface area contributed by atoms with E-state index in [1.807, 2.05) is 0 Å². The largest absolute Gasteiger partial charge is 0.508 e. The summed E-state index contributed by atoms with van der Waals surface area (Å²) in [5.41, 5.74) is 1.36. The lowest BCUT2D eigenvalue weighted by Gasteiger charge is -2.01. The van der Waals surface area contributed by atoms with Gasteiger partial charge in [0, 0.05) is 0 Å². The summed E-state index contributed by atoms with van der Waals surface area (Å²) in [6, 6.07) is 4.98. The highest BCUT2D eigenvalue weighted by Crippen LogP contribution is 2.18. The zero-order chi connectivity index (χ0) is 7.56. The molecule has 0 unspecified atom stereocenters. The maximum atomic E-state index is 10.4. The standard InChI is InChI=1S/C8H9O2/c1-6-7(5-9)3-2-4-8(6)10/h2-4,10H,5H2,1H3. The van der Waals surface area contributed by atoms with Gasteiger partial charge in [-0.1, -0.05) is 12.1 Å². The van der Waals surface area contributed by atoms with Crippen LogP contribution in [0.1, 0.15) is 11.1 Å². The number of hydrogen-bond donors (Lipinski definition) is 1. The molecule has 0 heterocycles. The Hall–Kier alpha value is -1.02. The van der Waals surface area contributed by atoms with Gasteiger partial charge in [0.15, 0.2) is 0 Å². The van der Waals surface area contributed by atoms with Crippen LogP contribution in [0.2, 0.25) is 0 Å². The van der Waals surface area contributed by atoms with Crippen LogP contribution in [0.4, 0.5) is 0 Å². The number of rotatable bonds is 1. The lowest BCUT2D eigenvalue weighted by atomic mass is 10.1. The van der Waals surface area contributed by atoms with E-state index >= 15 is 0 Å². The van der Waals surface area contributed by atoms with Crippen molar-refractivity contribution in [3.8, 4) is 5.75 Å². The second-order valence-electron chi connectivity index (χ2n) is 2.21. The van der Waals surface area contributed by atoms with Crippen molar-refractivity contribution in [2.75, 3.05) is 0 Å². The molecule has 0 aliphatic carbocycles. The average molecular weight is 137 g/mol. The van der Waals surface area contributed by atoms with Crippen LogP contribution in [0.15, 0.2) is 18.2 Å². The first-order valence-corrected chi connectivity index (χ1v) is 3.11. The Kier molecular flexibility index (Phi) is 1.92. The van der Waals surface area contributed by atoms with E-state index in [-0.39, 0.29) is 12.4 Å². The minimum Gasteiger partial charge on any atom is -0.508 e. The van der Waals surface area contributed by atoms with Crippen LogP contribution in [0.25, 0.3) is 0 Å². The van der Waals surface area contributed by atoms with Crippen molar-refractivity contribution in [1.29, 1.82) is 0 Å². The minimum absolute atomic E-state index is 0.202. The Bertz CT molecular complexity index is 231. The van der Waals surface area contributed by atoms with Crippen molar-refractivity contribution in [1.82, 2.24) is 0 Å². The Labute approximate surface area is 59.7 Å². The van der Waals surface area contributed by atoms with Crippen molar-refractivity contribution in [3.63, 3.8) is 0 Å². The molecule has 2 heteroatoms. The molecule has 0 atom stereocenters. The van der Waals surface area contributed by atoms with E-state index in [9.17, 15) is 5.11 Å². The number of aromatic hydroxyl groups is 1. The summed E-state index contributed by atoms with van der Waals surface area (Å²) in [7, 11) is 0. The first-order valence-electron chi connectivity index (χ1n) is 3.11. The molecule has 0 bridgehead atoms. The van der Waals surface area contributed by atoms with Gasteiger partial charge in [-0.2, -0.15) is 0 Å². The highest BCUT2D eigenvalue weighted by molar-refractivity contribution is 5.37. The molecular formula is C8H9O2. The van der Waals surface area contributed by atoms with Gasteiger partial charge in [0.2, 0.25) is 0 Å². The summed E-state index contributed by atoms with van der Waals surface area (Å²) in [5, 5.41) is 19.5. The van der Waals surface area contributed by atoms with Gasteiger partial charge in [-0.15, -0.1) is 0 Å². The lowest BCUT2D eigenvalue weighted by molar-refractivity contribution is 0.176. The van der Waals surface area contributed by atoms with Gasteiger partial charge in [-0.05, 0) is 24.1 Å².